The highest BCUT2D eigenvalue weighted by molar-refractivity contribution is 5.92. The molecule has 0 bridgehead atoms. The van der Waals surface area contributed by atoms with Gasteiger partial charge in [0.25, 0.3) is 0 Å². The Hall–Kier alpha value is -1.53. The Bertz CT molecular complexity index is 1000. The monoisotopic (exact) mass is 600 g/mol. The predicted molar refractivity (Wildman–Crippen MR) is 169 cm³/mol. The number of ketones is 2. The third-order valence-electron chi connectivity index (χ3n) is 12.4. The molecule has 0 radical (unpaired) electrons. The number of unbranched alkanes of at least 4 members (excludes halogenated alkanes) is 12. The first-order chi connectivity index (χ1) is 20.6. The molecule has 4 aliphatic rings. The minimum Gasteiger partial charge on any atom is -0.450 e. The van der Waals surface area contributed by atoms with Gasteiger partial charge in [-0.3, -0.25) is 14.4 Å². The molecule has 7 atom stereocenters. The average molecular weight is 601 g/mol. The standard InChI is InChI=1S/C37H60O6/c1-4-5-6-7-8-9-10-11-12-13-14-15-16-17-33(42)43-37(32(41)26-38)23-21-30-29-19-18-27-24-28(39)20-22-35(27,2)34(29)31(40)25-36(30,37)3/h24,29-31,34,38,40H,4-23,25-26H2,1-3H3/t29-,30-,31-,34+,35-,36-,37-/m0/s1. The van der Waals surface area contributed by atoms with E-state index in [1.54, 1.807) is 0 Å². The Labute approximate surface area is 260 Å². The molecule has 0 aromatic rings. The highest BCUT2D eigenvalue weighted by Crippen LogP contribution is 2.68. The van der Waals surface area contributed by atoms with Gasteiger partial charge in [0.1, 0.15) is 6.61 Å². The Balaban J connectivity index is 1.29. The zero-order valence-corrected chi connectivity index (χ0v) is 27.5. The van der Waals surface area contributed by atoms with E-state index in [1.807, 2.05) is 13.0 Å². The quantitative estimate of drug-likeness (QED) is 0.130. The lowest BCUT2D eigenvalue weighted by atomic mass is 9.45. The van der Waals surface area contributed by atoms with E-state index < -0.39 is 29.5 Å². The first kappa shape index (κ1) is 34.3. The number of aliphatic hydroxyl groups is 2. The molecule has 0 spiro atoms. The van der Waals surface area contributed by atoms with Crippen molar-refractivity contribution in [3.05, 3.63) is 11.6 Å². The highest BCUT2D eigenvalue weighted by Gasteiger charge is 2.70. The van der Waals surface area contributed by atoms with Crippen molar-refractivity contribution in [1.82, 2.24) is 0 Å². The largest absolute Gasteiger partial charge is 0.450 e. The first-order valence-electron chi connectivity index (χ1n) is 17.9. The van der Waals surface area contributed by atoms with Gasteiger partial charge in [-0.1, -0.05) is 103 Å². The number of hydrogen-bond acceptors (Lipinski definition) is 6. The summed E-state index contributed by atoms with van der Waals surface area (Å²) in [5.41, 5.74) is -1.14. The van der Waals surface area contributed by atoms with E-state index in [1.165, 1.54) is 69.8 Å². The molecule has 43 heavy (non-hydrogen) atoms. The van der Waals surface area contributed by atoms with Crippen molar-refractivity contribution < 1.29 is 29.3 Å². The SMILES string of the molecule is CCCCCCCCCCCCCCCC(=O)O[C@]1(C(=O)CO)CC[C@H]2[C@@H]3CCC4=CC(=O)CC[C@]4(C)[C@H]3[C@@H](O)C[C@@]21C. The normalized spacial score (nSPS) is 35.1. The third-order valence-corrected chi connectivity index (χ3v) is 12.4. The first-order valence-corrected chi connectivity index (χ1v) is 17.9. The molecule has 0 saturated heterocycles. The third kappa shape index (κ3) is 7.16. The fourth-order valence-electron chi connectivity index (χ4n) is 10.0. The lowest BCUT2D eigenvalue weighted by Crippen LogP contribution is -2.63. The molecule has 0 aromatic heterocycles. The number of carbonyl (C=O) groups is 3. The van der Waals surface area contributed by atoms with Gasteiger partial charge in [0, 0.05) is 18.3 Å². The van der Waals surface area contributed by atoms with Crippen LogP contribution in [0.15, 0.2) is 11.6 Å². The summed E-state index contributed by atoms with van der Waals surface area (Å²) >= 11 is 0. The van der Waals surface area contributed by atoms with Gasteiger partial charge in [-0.25, -0.2) is 0 Å². The summed E-state index contributed by atoms with van der Waals surface area (Å²) in [6.45, 7) is 5.83. The lowest BCUT2D eigenvalue weighted by Gasteiger charge is -2.60. The Morgan fingerprint density at radius 1 is 0.884 bits per heavy atom. The second-order valence-corrected chi connectivity index (χ2v) is 15.0. The molecule has 0 aromatic carbocycles. The maximum atomic E-state index is 13.5. The van der Waals surface area contributed by atoms with Crippen LogP contribution in [0, 0.1) is 28.6 Å². The van der Waals surface area contributed by atoms with Gasteiger partial charge in [-0.05, 0) is 74.2 Å². The zero-order chi connectivity index (χ0) is 31.1. The Kier molecular flexibility index (Phi) is 12.1. The van der Waals surface area contributed by atoms with E-state index in [4.69, 9.17) is 4.74 Å². The molecule has 3 saturated carbocycles. The predicted octanol–water partition coefficient (Wildman–Crippen LogP) is 7.81. The summed E-state index contributed by atoms with van der Waals surface area (Å²) in [6.07, 6.45) is 22.0. The summed E-state index contributed by atoms with van der Waals surface area (Å²) < 4.78 is 6.19. The molecule has 3 fully saturated rings. The number of allylic oxidation sites excluding steroid dienone is 1. The van der Waals surface area contributed by atoms with Gasteiger partial charge < -0.3 is 14.9 Å². The van der Waals surface area contributed by atoms with Crippen LogP contribution in [0.1, 0.15) is 156 Å². The molecule has 4 rings (SSSR count). The zero-order valence-electron chi connectivity index (χ0n) is 27.5. The van der Waals surface area contributed by atoms with Crippen molar-refractivity contribution in [1.29, 1.82) is 0 Å². The van der Waals surface area contributed by atoms with E-state index >= 15 is 0 Å². The number of rotatable bonds is 17. The molecule has 0 aliphatic heterocycles. The van der Waals surface area contributed by atoms with Crippen molar-refractivity contribution in [3.8, 4) is 0 Å². The molecule has 244 valence electrons. The van der Waals surface area contributed by atoms with Crippen LogP contribution in [0.2, 0.25) is 0 Å². The molecule has 0 heterocycles. The number of fused-ring (bicyclic) bond motifs is 5. The summed E-state index contributed by atoms with van der Waals surface area (Å²) in [4.78, 5) is 38.9. The van der Waals surface area contributed by atoms with E-state index in [2.05, 4.69) is 13.8 Å². The van der Waals surface area contributed by atoms with Crippen LogP contribution in [-0.2, 0) is 19.1 Å². The number of hydrogen-bond donors (Lipinski definition) is 2. The summed E-state index contributed by atoms with van der Waals surface area (Å²) in [6, 6.07) is 0. The summed E-state index contributed by atoms with van der Waals surface area (Å²) in [5.74, 6) is -0.249. The van der Waals surface area contributed by atoms with Gasteiger partial charge in [0.05, 0.1) is 6.10 Å². The van der Waals surface area contributed by atoms with Gasteiger partial charge in [-0.2, -0.15) is 0 Å². The second-order valence-electron chi connectivity index (χ2n) is 15.0. The van der Waals surface area contributed by atoms with Crippen LogP contribution >= 0.6 is 0 Å². The molecule has 4 aliphatic carbocycles. The van der Waals surface area contributed by atoms with Crippen molar-refractivity contribution in [3.63, 3.8) is 0 Å². The van der Waals surface area contributed by atoms with Crippen LogP contribution < -0.4 is 0 Å². The summed E-state index contributed by atoms with van der Waals surface area (Å²) in [5, 5.41) is 21.8. The molecule has 0 unspecified atom stereocenters. The van der Waals surface area contributed by atoms with Crippen LogP contribution in [0.25, 0.3) is 0 Å². The van der Waals surface area contributed by atoms with Crippen molar-refractivity contribution in [2.24, 2.45) is 28.6 Å². The fourth-order valence-corrected chi connectivity index (χ4v) is 10.0. The molecule has 2 N–H and O–H groups in total. The smallest absolute Gasteiger partial charge is 0.306 e. The molecule has 0 amide bonds. The summed E-state index contributed by atoms with van der Waals surface area (Å²) in [7, 11) is 0. The van der Waals surface area contributed by atoms with E-state index in [0.29, 0.717) is 19.3 Å². The molecule has 6 heteroatoms. The Morgan fingerprint density at radius 2 is 1.49 bits per heavy atom. The minimum atomic E-state index is -1.38. The number of carbonyl (C=O) groups excluding carboxylic acids is 3. The van der Waals surface area contributed by atoms with Crippen LogP contribution in [0.5, 0.6) is 0 Å². The van der Waals surface area contributed by atoms with Gasteiger partial charge in [0.15, 0.2) is 11.4 Å². The Morgan fingerprint density at radius 3 is 2.09 bits per heavy atom. The van der Waals surface area contributed by atoms with Crippen molar-refractivity contribution in [2.45, 2.75) is 167 Å². The number of Topliss-reactive ketones (excluding diaryl/α,β-unsaturated/α-hetero) is 1. The van der Waals surface area contributed by atoms with Gasteiger partial charge >= 0.3 is 5.97 Å². The number of aliphatic hydroxyl groups excluding tert-OH is 2. The lowest BCUT2D eigenvalue weighted by molar-refractivity contribution is -0.202. The van der Waals surface area contributed by atoms with Crippen LogP contribution in [-0.4, -0.2) is 46.1 Å². The molecular weight excluding hydrogens is 540 g/mol. The van der Waals surface area contributed by atoms with Crippen LogP contribution in [0.3, 0.4) is 0 Å². The number of ether oxygens (including phenoxy) is 1. The van der Waals surface area contributed by atoms with Crippen molar-refractivity contribution >= 4 is 17.5 Å². The highest BCUT2D eigenvalue weighted by atomic mass is 16.6. The van der Waals surface area contributed by atoms with Crippen molar-refractivity contribution in [2.75, 3.05) is 6.61 Å². The topological polar surface area (TPSA) is 101 Å². The maximum Gasteiger partial charge on any atom is 0.306 e. The second kappa shape index (κ2) is 15.2. The van der Waals surface area contributed by atoms with Gasteiger partial charge in [0.2, 0.25) is 5.78 Å². The van der Waals surface area contributed by atoms with E-state index in [-0.39, 0.29) is 41.3 Å². The average Bonchev–Trinajstić information content (AvgIpc) is 3.27. The van der Waals surface area contributed by atoms with Crippen LogP contribution in [0.4, 0.5) is 0 Å². The molecular formula is C37H60O6. The van der Waals surface area contributed by atoms with E-state index in [0.717, 1.165) is 44.9 Å². The van der Waals surface area contributed by atoms with E-state index in [9.17, 15) is 24.6 Å². The van der Waals surface area contributed by atoms with Gasteiger partial charge in [-0.15, -0.1) is 0 Å². The maximum absolute atomic E-state index is 13.5. The minimum absolute atomic E-state index is 0.0280. The fraction of sp³-hybridized carbons (Fsp3) is 0.865. The number of esters is 1. The molecule has 6 nitrogen and oxygen atoms in total.